The number of hydrogen-bond acceptors (Lipinski definition) is 10. The molecule has 0 spiro atoms. The summed E-state index contributed by atoms with van der Waals surface area (Å²) in [6.45, 7) is 3.99. The Morgan fingerprint density at radius 3 is 2.90 bits per heavy atom. The summed E-state index contributed by atoms with van der Waals surface area (Å²) in [6.07, 6.45) is 0. The van der Waals surface area contributed by atoms with Crippen LogP contribution in [-0.4, -0.2) is 51.5 Å². The first-order valence-electron chi connectivity index (χ1n) is 6.13. The summed E-state index contributed by atoms with van der Waals surface area (Å²) in [5.74, 6) is 1.90. The summed E-state index contributed by atoms with van der Waals surface area (Å²) < 4.78 is 11.4. The van der Waals surface area contributed by atoms with Crippen LogP contribution in [-0.2, 0) is 17.0 Å². The Hall–Kier alpha value is -1.23. The minimum atomic E-state index is 0.466. The van der Waals surface area contributed by atoms with Crippen LogP contribution in [0.1, 0.15) is 11.7 Å². The second-order valence-electron chi connectivity index (χ2n) is 4.19. The molecule has 0 radical (unpaired) electrons. The van der Waals surface area contributed by atoms with E-state index in [0.29, 0.717) is 29.1 Å². The van der Waals surface area contributed by atoms with Gasteiger partial charge in [0.05, 0.1) is 25.5 Å². The van der Waals surface area contributed by atoms with Gasteiger partial charge in [0.15, 0.2) is 10.2 Å². The highest BCUT2D eigenvalue weighted by Crippen LogP contribution is 2.25. The van der Waals surface area contributed by atoms with Gasteiger partial charge in [-0.1, -0.05) is 28.3 Å². The fourth-order valence-corrected chi connectivity index (χ4v) is 3.25. The molecule has 3 rings (SSSR count). The molecule has 8 nitrogen and oxygen atoms in total. The molecule has 1 fully saturated rings. The first-order valence-corrected chi connectivity index (χ1v) is 7.93. The Morgan fingerprint density at radius 1 is 1.30 bits per heavy atom. The maximum Gasteiger partial charge on any atom is 0.240 e. The lowest BCUT2D eigenvalue weighted by Gasteiger charge is -2.24. The molecule has 1 saturated heterocycles. The van der Waals surface area contributed by atoms with Gasteiger partial charge in [0.1, 0.15) is 0 Å². The summed E-state index contributed by atoms with van der Waals surface area (Å²) >= 11 is 2.85. The van der Waals surface area contributed by atoms with Crippen molar-refractivity contribution in [2.45, 2.75) is 16.6 Å². The van der Waals surface area contributed by atoms with Crippen molar-refractivity contribution in [1.82, 2.24) is 25.2 Å². The maximum atomic E-state index is 5.52. The molecule has 0 amide bonds. The molecule has 2 N–H and O–H groups in total. The van der Waals surface area contributed by atoms with Crippen LogP contribution in [0, 0.1) is 0 Å². The van der Waals surface area contributed by atoms with Crippen molar-refractivity contribution in [3.63, 3.8) is 0 Å². The molecule has 0 atom stereocenters. The Morgan fingerprint density at radius 2 is 2.15 bits per heavy atom. The van der Waals surface area contributed by atoms with Gasteiger partial charge in [0, 0.05) is 13.1 Å². The molecule has 0 unspecified atom stereocenters. The second-order valence-corrected chi connectivity index (χ2v) is 6.42. The highest BCUT2D eigenvalue weighted by Gasteiger charge is 2.15. The number of hydrogen-bond donors (Lipinski definition) is 1. The zero-order chi connectivity index (χ0) is 13.8. The molecule has 0 aliphatic carbocycles. The van der Waals surface area contributed by atoms with Crippen LogP contribution in [0.5, 0.6) is 0 Å². The van der Waals surface area contributed by atoms with Crippen molar-refractivity contribution in [2.75, 3.05) is 32.0 Å². The van der Waals surface area contributed by atoms with E-state index in [1.807, 2.05) is 0 Å². The van der Waals surface area contributed by atoms with Gasteiger partial charge >= 0.3 is 0 Å². The van der Waals surface area contributed by atoms with Crippen LogP contribution in [0.4, 0.5) is 5.13 Å². The quantitative estimate of drug-likeness (QED) is 0.796. The summed E-state index contributed by atoms with van der Waals surface area (Å²) in [4.78, 5) is 6.61. The molecule has 1 aliphatic rings. The number of nitrogens with two attached hydrogens (primary N) is 1. The molecule has 108 valence electrons. The molecule has 2 aromatic rings. The van der Waals surface area contributed by atoms with Gasteiger partial charge in [-0.3, -0.25) is 4.90 Å². The molecular weight excluding hydrogens is 300 g/mol. The van der Waals surface area contributed by atoms with Gasteiger partial charge < -0.3 is 15.0 Å². The van der Waals surface area contributed by atoms with Crippen molar-refractivity contribution < 1.29 is 9.26 Å². The predicted molar refractivity (Wildman–Crippen MR) is 74.3 cm³/mol. The number of aromatic nitrogens is 4. The smallest absolute Gasteiger partial charge is 0.240 e. The Labute approximate surface area is 123 Å². The first-order chi connectivity index (χ1) is 9.79. The molecule has 20 heavy (non-hydrogen) atoms. The number of anilines is 1. The second kappa shape index (κ2) is 6.48. The van der Waals surface area contributed by atoms with Crippen LogP contribution >= 0.6 is 23.1 Å². The van der Waals surface area contributed by atoms with Crippen molar-refractivity contribution in [2.24, 2.45) is 0 Å². The average Bonchev–Trinajstić information content (AvgIpc) is 3.07. The van der Waals surface area contributed by atoms with Gasteiger partial charge in [0.25, 0.3) is 0 Å². The van der Waals surface area contributed by atoms with Crippen LogP contribution < -0.4 is 5.73 Å². The lowest BCUT2D eigenvalue weighted by atomic mass is 10.4. The number of rotatable bonds is 5. The fourth-order valence-electron chi connectivity index (χ4n) is 1.77. The predicted octanol–water partition coefficient (Wildman–Crippen LogP) is 0.628. The molecule has 0 bridgehead atoms. The average molecular weight is 314 g/mol. The maximum absolute atomic E-state index is 5.52. The van der Waals surface area contributed by atoms with Gasteiger partial charge in [-0.05, 0) is 0 Å². The van der Waals surface area contributed by atoms with Gasteiger partial charge in [-0.15, -0.1) is 10.2 Å². The van der Waals surface area contributed by atoms with E-state index in [1.54, 1.807) is 0 Å². The van der Waals surface area contributed by atoms with E-state index in [1.165, 1.54) is 23.1 Å². The van der Waals surface area contributed by atoms with E-state index < -0.39 is 0 Å². The lowest BCUT2D eigenvalue weighted by Crippen LogP contribution is -2.35. The Balaban J connectivity index is 1.51. The van der Waals surface area contributed by atoms with E-state index in [9.17, 15) is 0 Å². The summed E-state index contributed by atoms with van der Waals surface area (Å²) in [5.41, 5.74) is 5.52. The highest BCUT2D eigenvalue weighted by atomic mass is 32.2. The minimum absolute atomic E-state index is 0.466. The largest absolute Gasteiger partial charge is 0.379 e. The van der Waals surface area contributed by atoms with Crippen LogP contribution in [0.2, 0.25) is 0 Å². The molecule has 10 heteroatoms. The molecule has 3 heterocycles. The minimum Gasteiger partial charge on any atom is -0.379 e. The summed E-state index contributed by atoms with van der Waals surface area (Å²) in [7, 11) is 0. The molecule has 2 aromatic heterocycles. The van der Waals surface area contributed by atoms with Crippen LogP contribution in [0.15, 0.2) is 8.86 Å². The van der Waals surface area contributed by atoms with E-state index in [4.69, 9.17) is 15.0 Å². The fraction of sp³-hybridized carbons (Fsp3) is 0.600. The SMILES string of the molecule is Nc1nnc(SCc2noc(CN3CCOCC3)n2)s1. The third kappa shape index (κ3) is 3.66. The number of ether oxygens (including phenoxy) is 1. The van der Waals surface area contributed by atoms with Gasteiger partial charge in [-0.25, -0.2) is 0 Å². The van der Waals surface area contributed by atoms with Gasteiger partial charge in [0.2, 0.25) is 11.0 Å². The zero-order valence-corrected chi connectivity index (χ0v) is 12.3. The van der Waals surface area contributed by atoms with E-state index in [0.717, 1.165) is 30.6 Å². The van der Waals surface area contributed by atoms with E-state index in [-0.39, 0.29) is 0 Å². The number of thioether (sulfide) groups is 1. The van der Waals surface area contributed by atoms with Crippen molar-refractivity contribution >= 4 is 28.2 Å². The first kappa shape index (κ1) is 13.7. The molecule has 1 aliphatic heterocycles. The van der Waals surface area contributed by atoms with Crippen molar-refractivity contribution in [3.8, 4) is 0 Å². The number of nitrogens with zero attached hydrogens (tertiary/aromatic N) is 5. The topological polar surface area (TPSA) is 103 Å². The number of morpholine rings is 1. The summed E-state index contributed by atoms with van der Waals surface area (Å²) in [6, 6.07) is 0. The van der Waals surface area contributed by atoms with Crippen molar-refractivity contribution in [1.29, 1.82) is 0 Å². The van der Waals surface area contributed by atoms with E-state index in [2.05, 4.69) is 25.2 Å². The summed E-state index contributed by atoms with van der Waals surface area (Å²) in [5, 5.41) is 12.1. The monoisotopic (exact) mass is 314 g/mol. The standard InChI is InChI=1S/C10H14N6O2S2/c11-9-13-14-10(20-9)19-6-7-12-8(18-15-7)5-16-1-3-17-4-2-16/h1-6H2,(H2,11,13). The van der Waals surface area contributed by atoms with Gasteiger partial charge in [-0.2, -0.15) is 4.98 Å². The van der Waals surface area contributed by atoms with Crippen LogP contribution in [0.3, 0.4) is 0 Å². The molecule has 0 aromatic carbocycles. The highest BCUT2D eigenvalue weighted by molar-refractivity contribution is 8.00. The third-order valence-electron chi connectivity index (χ3n) is 2.72. The number of nitrogen functional groups attached to an aromatic ring is 1. The van der Waals surface area contributed by atoms with E-state index >= 15 is 0 Å². The molecule has 0 saturated carbocycles. The Bertz CT molecular complexity index is 553. The lowest BCUT2D eigenvalue weighted by molar-refractivity contribution is 0.0297. The normalized spacial score (nSPS) is 16.6. The zero-order valence-electron chi connectivity index (χ0n) is 10.7. The third-order valence-corrected chi connectivity index (χ3v) is 4.60. The molecular formula is C10H14N6O2S2. The van der Waals surface area contributed by atoms with Crippen molar-refractivity contribution in [3.05, 3.63) is 11.7 Å². The Kier molecular flexibility index (Phi) is 4.45. The van der Waals surface area contributed by atoms with Crippen LogP contribution in [0.25, 0.3) is 0 Å².